The molecule has 98 valence electrons. The van der Waals surface area contributed by atoms with E-state index in [1.54, 1.807) is 12.1 Å². The Balaban J connectivity index is 1.94. The van der Waals surface area contributed by atoms with Crippen LogP contribution in [0.2, 0.25) is 0 Å². The van der Waals surface area contributed by atoms with Gasteiger partial charge in [0.25, 0.3) is 0 Å². The number of benzene rings is 1. The molecular weight excluding hydrogens is 233 g/mol. The summed E-state index contributed by atoms with van der Waals surface area (Å²) in [6.07, 6.45) is 1.98. The van der Waals surface area contributed by atoms with Gasteiger partial charge < -0.3 is 15.2 Å². The molecule has 1 heterocycles. The first-order chi connectivity index (χ1) is 8.61. The van der Waals surface area contributed by atoms with Crippen molar-refractivity contribution < 1.29 is 13.9 Å². The maximum Gasteiger partial charge on any atom is 0.165 e. The summed E-state index contributed by atoms with van der Waals surface area (Å²) in [4.78, 5) is 0. The van der Waals surface area contributed by atoms with Crippen molar-refractivity contribution in [2.45, 2.75) is 30.7 Å². The molecule has 0 amide bonds. The quantitative estimate of drug-likeness (QED) is 0.890. The van der Waals surface area contributed by atoms with E-state index in [0.29, 0.717) is 25.6 Å². The van der Waals surface area contributed by atoms with Gasteiger partial charge in [0.05, 0.1) is 25.2 Å². The number of hydrogen-bond acceptors (Lipinski definition) is 3. The van der Waals surface area contributed by atoms with Crippen LogP contribution in [0.4, 0.5) is 4.39 Å². The van der Waals surface area contributed by atoms with Crippen molar-refractivity contribution in [1.29, 1.82) is 0 Å². The predicted molar refractivity (Wildman–Crippen MR) is 66.2 cm³/mol. The topological polar surface area (TPSA) is 44.5 Å². The van der Waals surface area contributed by atoms with Gasteiger partial charge in [-0.05, 0) is 37.5 Å². The Labute approximate surface area is 106 Å². The predicted octanol–water partition coefficient (Wildman–Crippen LogP) is 1.98. The molecule has 0 bridgehead atoms. The van der Waals surface area contributed by atoms with Gasteiger partial charge in [-0.2, -0.15) is 0 Å². The largest absolute Gasteiger partial charge is 0.491 e. The molecule has 2 fully saturated rings. The standard InChI is InChI=1S/C14H18FNO2/c1-2-18-12-4-3-10(7-11(12)15)13(8-17-9-13)14(16)5-6-14/h3-4,7H,2,5-6,8-9,16H2,1H3. The SMILES string of the molecule is CCOc1ccc(C2(C3(N)CC3)COC2)cc1F. The third kappa shape index (κ3) is 1.56. The Morgan fingerprint density at radius 3 is 2.56 bits per heavy atom. The van der Waals surface area contributed by atoms with Crippen LogP contribution in [0, 0.1) is 5.82 Å². The zero-order valence-corrected chi connectivity index (χ0v) is 10.5. The first kappa shape index (κ1) is 11.9. The van der Waals surface area contributed by atoms with E-state index in [-0.39, 0.29) is 16.8 Å². The molecule has 1 aliphatic carbocycles. The van der Waals surface area contributed by atoms with Crippen LogP contribution < -0.4 is 10.5 Å². The summed E-state index contributed by atoms with van der Waals surface area (Å²) < 4.78 is 24.5. The fourth-order valence-corrected chi connectivity index (χ4v) is 2.73. The number of hydrogen-bond donors (Lipinski definition) is 1. The Morgan fingerprint density at radius 1 is 1.39 bits per heavy atom. The van der Waals surface area contributed by atoms with E-state index in [1.165, 1.54) is 0 Å². The zero-order chi connectivity index (χ0) is 12.8. The lowest BCUT2D eigenvalue weighted by Crippen LogP contribution is -2.60. The minimum atomic E-state index is -0.315. The van der Waals surface area contributed by atoms with Crippen molar-refractivity contribution in [3.8, 4) is 5.75 Å². The van der Waals surface area contributed by atoms with Gasteiger partial charge in [0, 0.05) is 5.54 Å². The second-order valence-electron chi connectivity index (χ2n) is 5.31. The molecule has 1 aliphatic heterocycles. The number of halogens is 1. The molecule has 4 heteroatoms. The summed E-state index contributed by atoms with van der Waals surface area (Å²) in [5, 5.41) is 0. The third-order valence-corrected chi connectivity index (χ3v) is 4.22. The van der Waals surface area contributed by atoms with Crippen LogP contribution in [-0.4, -0.2) is 25.4 Å². The Morgan fingerprint density at radius 2 is 2.11 bits per heavy atom. The summed E-state index contributed by atoms with van der Waals surface area (Å²) in [6, 6.07) is 5.17. The van der Waals surface area contributed by atoms with E-state index in [0.717, 1.165) is 18.4 Å². The Kier molecular flexibility index (Phi) is 2.61. The molecule has 18 heavy (non-hydrogen) atoms. The summed E-state index contributed by atoms with van der Waals surface area (Å²) in [5.74, 6) is -0.0108. The molecule has 3 rings (SSSR count). The second kappa shape index (κ2) is 3.93. The highest BCUT2D eigenvalue weighted by Gasteiger charge is 2.61. The fraction of sp³-hybridized carbons (Fsp3) is 0.571. The van der Waals surface area contributed by atoms with Gasteiger partial charge in [-0.1, -0.05) is 6.07 Å². The molecule has 2 aliphatic rings. The Hall–Kier alpha value is -1.13. The van der Waals surface area contributed by atoms with Crippen molar-refractivity contribution >= 4 is 0 Å². The second-order valence-corrected chi connectivity index (χ2v) is 5.31. The lowest BCUT2D eigenvalue weighted by Gasteiger charge is -2.47. The molecule has 2 N–H and O–H groups in total. The fourth-order valence-electron chi connectivity index (χ4n) is 2.73. The van der Waals surface area contributed by atoms with Crippen LogP contribution in [0.15, 0.2) is 18.2 Å². The Bertz CT molecular complexity index is 467. The molecule has 0 unspecified atom stereocenters. The normalized spacial score (nSPS) is 23.3. The molecule has 0 aromatic heterocycles. The molecule has 1 saturated heterocycles. The number of nitrogens with two attached hydrogens (primary N) is 1. The minimum absolute atomic E-state index is 0.196. The molecule has 0 atom stereocenters. The zero-order valence-electron chi connectivity index (χ0n) is 10.5. The number of ether oxygens (including phenoxy) is 2. The van der Waals surface area contributed by atoms with Crippen LogP contribution in [0.5, 0.6) is 5.75 Å². The first-order valence-electron chi connectivity index (χ1n) is 6.41. The third-order valence-electron chi connectivity index (χ3n) is 4.22. The molecule has 1 saturated carbocycles. The molecular formula is C14H18FNO2. The van der Waals surface area contributed by atoms with Crippen molar-refractivity contribution in [3.63, 3.8) is 0 Å². The van der Waals surface area contributed by atoms with Crippen molar-refractivity contribution in [1.82, 2.24) is 0 Å². The summed E-state index contributed by atoms with van der Waals surface area (Å²) in [6.45, 7) is 3.49. The van der Waals surface area contributed by atoms with Crippen molar-refractivity contribution in [2.75, 3.05) is 19.8 Å². The van der Waals surface area contributed by atoms with Crippen LogP contribution in [0.25, 0.3) is 0 Å². The highest BCUT2D eigenvalue weighted by molar-refractivity contribution is 5.41. The number of rotatable bonds is 4. The molecule has 1 aromatic carbocycles. The average Bonchev–Trinajstić information content (AvgIpc) is 3.00. The molecule has 1 aromatic rings. The van der Waals surface area contributed by atoms with E-state index in [1.807, 2.05) is 13.0 Å². The maximum absolute atomic E-state index is 13.9. The van der Waals surface area contributed by atoms with Gasteiger partial charge >= 0.3 is 0 Å². The molecule has 3 nitrogen and oxygen atoms in total. The summed E-state index contributed by atoms with van der Waals surface area (Å²) in [5.41, 5.74) is 6.87. The smallest absolute Gasteiger partial charge is 0.165 e. The summed E-state index contributed by atoms with van der Waals surface area (Å²) in [7, 11) is 0. The van der Waals surface area contributed by atoms with E-state index in [2.05, 4.69) is 0 Å². The van der Waals surface area contributed by atoms with Crippen molar-refractivity contribution in [2.24, 2.45) is 5.73 Å². The van der Waals surface area contributed by atoms with Crippen LogP contribution >= 0.6 is 0 Å². The van der Waals surface area contributed by atoms with Crippen LogP contribution in [-0.2, 0) is 10.2 Å². The first-order valence-corrected chi connectivity index (χ1v) is 6.41. The monoisotopic (exact) mass is 251 g/mol. The molecule has 0 spiro atoms. The van der Waals surface area contributed by atoms with E-state index in [9.17, 15) is 4.39 Å². The highest BCUT2D eigenvalue weighted by atomic mass is 19.1. The van der Waals surface area contributed by atoms with Crippen LogP contribution in [0.3, 0.4) is 0 Å². The van der Waals surface area contributed by atoms with E-state index >= 15 is 0 Å². The van der Waals surface area contributed by atoms with Gasteiger partial charge in [0.1, 0.15) is 0 Å². The average molecular weight is 251 g/mol. The van der Waals surface area contributed by atoms with Gasteiger partial charge in [0.2, 0.25) is 0 Å². The van der Waals surface area contributed by atoms with E-state index in [4.69, 9.17) is 15.2 Å². The minimum Gasteiger partial charge on any atom is -0.491 e. The van der Waals surface area contributed by atoms with Gasteiger partial charge in [0.15, 0.2) is 11.6 Å². The van der Waals surface area contributed by atoms with Gasteiger partial charge in [-0.15, -0.1) is 0 Å². The van der Waals surface area contributed by atoms with Crippen molar-refractivity contribution in [3.05, 3.63) is 29.6 Å². The van der Waals surface area contributed by atoms with Crippen LogP contribution in [0.1, 0.15) is 25.3 Å². The lowest BCUT2D eigenvalue weighted by molar-refractivity contribution is -0.0787. The maximum atomic E-state index is 13.9. The van der Waals surface area contributed by atoms with Gasteiger partial charge in [-0.25, -0.2) is 4.39 Å². The van der Waals surface area contributed by atoms with E-state index < -0.39 is 0 Å². The lowest BCUT2D eigenvalue weighted by atomic mass is 9.70. The van der Waals surface area contributed by atoms with Gasteiger partial charge in [-0.3, -0.25) is 0 Å². The summed E-state index contributed by atoms with van der Waals surface area (Å²) >= 11 is 0. The highest BCUT2D eigenvalue weighted by Crippen LogP contribution is 2.53. The molecule has 0 radical (unpaired) electrons.